The number of aromatic amines is 1. The van der Waals surface area contributed by atoms with Gasteiger partial charge in [0.05, 0.1) is 26.3 Å². The molecule has 0 bridgehead atoms. The largest absolute Gasteiger partial charge is 0.493 e. The Bertz CT molecular complexity index is 1210. The number of ether oxygens (including phenoxy) is 2. The lowest BCUT2D eigenvalue weighted by Crippen LogP contribution is -2.22. The Hall–Kier alpha value is -3.62. The predicted molar refractivity (Wildman–Crippen MR) is 120 cm³/mol. The average Bonchev–Trinajstić information content (AvgIpc) is 3.54. The zero-order valence-corrected chi connectivity index (χ0v) is 18.7. The molecule has 4 rings (SSSR count). The summed E-state index contributed by atoms with van der Waals surface area (Å²) in [5.74, 6) is 2.09. The second kappa shape index (κ2) is 8.86. The van der Waals surface area contributed by atoms with Crippen molar-refractivity contribution in [1.82, 2.24) is 19.7 Å². The Kier molecular flexibility index (Phi) is 5.98. The highest BCUT2D eigenvalue weighted by Crippen LogP contribution is 2.40. The standard InChI is InChI=1S/C23H27N5O4/c1-5-16-13(2)24-23(26-22(16)30)28-20(12-17(27-28)15-7-8-15)25-21(29)11-14-6-9-18(31-3)19(10-14)32-4/h6,9-10,12,15H,5,7-8,11H2,1-4H3,(H,25,29)(H,24,26,30). The molecule has 168 valence electrons. The Balaban J connectivity index is 1.61. The van der Waals surface area contributed by atoms with Crippen LogP contribution in [0.2, 0.25) is 0 Å². The lowest BCUT2D eigenvalue weighted by Gasteiger charge is -2.11. The predicted octanol–water partition coefficient (Wildman–Crippen LogP) is 2.90. The van der Waals surface area contributed by atoms with E-state index in [0.29, 0.717) is 40.9 Å². The van der Waals surface area contributed by atoms with Gasteiger partial charge < -0.3 is 14.8 Å². The Morgan fingerprint density at radius 3 is 2.59 bits per heavy atom. The van der Waals surface area contributed by atoms with Gasteiger partial charge in [-0.05, 0) is 43.9 Å². The molecule has 9 heteroatoms. The number of benzene rings is 1. The molecule has 2 heterocycles. The molecule has 1 fully saturated rings. The first kappa shape index (κ1) is 21.6. The van der Waals surface area contributed by atoms with Crippen molar-refractivity contribution in [3.8, 4) is 17.4 Å². The number of nitrogens with one attached hydrogen (secondary N) is 2. The molecular weight excluding hydrogens is 410 g/mol. The number of anilines is 1. The fourth-order valence-corrected chi connectivity index (χ4v) is 3.70. The van der Waals surface area contributed by atoms with Crippen LogP contribution in [0.3, 0.4) is 0 Å². The highest BCUT2D eigenvalue weighted by molar-refractivity contribution is 5.91. The normalized spacial score (nSPS) is 13.1. The van der Waals surface area contributed by atoms with E-state index in [1.807, 2.05) is 19.1 Å². The van der Waals surface area contributed by atoms with Crippen LogP contribution in [0.4, 0.5) is 5.82 Å². The fraction of sp³-hybridized carbons (Fsp3) is 0.391. The van der Waals surface area contributed by atoms with Gasteiger partial charge in [0.2, 0.25) is 11.9 Å². The van der Waals surface area contributed by atoms with Crippen molar-refractivity contribution in [2.24, 2.45) is 0 Å². The summed E-state index contributed by atoms with van der Waals surface area (Å²) < 4.78 is 12.1. The summed E-state index contributed by atoms with van der Waals surface area (Å²) in [4.78, 5) is 32.6. The van der Waals surface area contributed by atoms with Gasteiger partial charge in [-0.1, -0.05) is 13.0 Å². The smallest absolute Gasteiger partial charge is 0.255 e. The number of amides is 1. The molecule has 1 saturated carbocycles. The van der Waals surface area contributed by atoms with Crippen molar-refractivity contribution in [1.29, 1.82) is 0 Å². The number of carbonyl (C=O) groups is 1. The number of hydrogen-bond donors (Lipinski definition) is 2. The Labute approximate surface area is 185 Å². The van der Waals surface area contributed by atoms with E-state index >= 15 is 0 Å². The van der Waals surface area contributed by atoms with E-state index in [4.69, 9.17) is 9.47 Å². The topological polar surface area (TPSA) is 111 Å². The number of nitrogens with zero attached hydrogens (tertiary/aromatic N) is 3. The van der Waals surface area contributed by atoms with Gasteiger partial charge in [-0.15, -0.1) is 0 Å². The summed E-state index contributed by atoms with van der Waals surface area (Å²) in [5.41, 5.74) is 2.76. The third-order valence-electron chi connectivity index (χ3n) is 5.57. The molecular formula is C23H27N5O4. The minimum atomic E-state index is -0.218. The maximum absolute atomic E-state index is 12.8. The third kappa shape index (κ3) is 4.37. The van der Waals surface area contributed by atoms with Crippen LogP contribution >= 0.6 is 0 Å². The first-order valence-corrected chi connectivity index (χ1v) is 10.6. The number of rotatable bonds is 8. The maximum Gasteiger partial charge on any atom is 0.255 e. The van der Waals surface area contributed by atoms with Gasteiger partial charge in [0.25, 0.3) is 5.56 Å². The third-order valence-corrected chi connectivity index (χ3v) is 5.57. The molecule has 9 nitrogen and oxygen atoms in total. The number of hydrogen-bond acceptors (Lipinski definition) is 6. The lowest BCUT2D eigenvalue weighted by atomic mass is 10.1. The lowest BCUT2D eigenvalue weighted by molar-refractivity contribution is -0.115. The van der Waals surface area contributed by atoms with Gasteiger partial charge in [-0.2, -0.15) is 9.78 Å². The summed E-state index contributed by atoms with van der Waals surface area (Å²) in [5, 5.41) is 7.54. The van der Waals surface area contributed by atoms with Crippen molar-refractivity contribution < 1.29 is 14.3 Å². The van der Waals surface area contributed by atoms with Crippen molar-refractivity contribution in [2.45, 2.75) is 45.4 Å². The van der Waals surface area contributed by atoms with E-state index in [1.54, 1.807) is 33.3 Å². The van der Waals surface area contributed by atoms with E-state index in [0.717, 1.165) is 24.1 Å². The molecule has 3 aromatic rings. The molecule has 0 unspecified atom stereocenters. The van der Waals surface area contributed by atoms with Crippen LogP contribution in [0.25, 0.3) is 5.95 Å². The van der Waals surface area contributed by atoms with E-state index in [1.165, 1.54) is 4.68 Å². The summed E-state index contributed by atoms with van der Waals surface area (Å²) in [6, 6.07) is 7.22. The molecule has 2 aromatic heterocycles. The van der Waals surface area contributed by atoms with Crippen LogP contribution in [0.1, 0.15) is 48.2 Å². The first-order chi connectivity index (χ1) is 15.4. The number of methoxy groups -OCH3 is 2. The minimum absolute atomic E-state index is 0.141. The molecule has 1 aliphatic carbocycles. The van der Waals surface area contributed by atoms with Crippen molar-refractivity contribution in [3.63, 3.8) is 0 Å². The molecule has 0 saturated heterocycles. The maximum atomic E-state index is 12.8. The summed E-state index contributed by atoms with van der Waals surface area (Å²) in [6.07, 6.45) is 2.86. The van der Waals surface area contributed by atoms with E-state index in [9.17, 15) is 9.59 Å². The molecule has 2 N–H and O–H groups in total. The van der Waals surface area contributed by atoms with Gasteiger partial charge in [0.15, 0.2) is 11.5 Å². The van der Waals surface area contributed by atoms with Crippen LogP contribution in [-0.4, -0.2) is 39.9 Å². The molecule has 0 atom stereocenters. The minimum Gasteiger partial charge on any atom is -0.493 e. The van der Waals surface area contributed by atoms with Gasteiger partial charge in [0, 0.05) is 23.2 Å². The van der Waals surface area contributed by atoms with Gasteiger partial charge >= 0.3 is 0 Å². The second-order valence-corrected chi connectivity index (χ2v) is 7.86. The number of aryl methyl sites for hydroxylation is 1. The van der Waals surface area contributed by atoms with E-state index in [2.05, 4.69) is 20.4 Å². The van der Waals surface area contributed by atoms with Crippen molar-refractivity contribution in [2.75, 3.05) is 19.5 Å². The number of aromatic nitrogens is 4. The van der Waals surface area contributed by atoms with Gasteiger partial charge in [-0.3, -0.25) is 14.6 Å². The highest BCUT2D eigenvalue weighted by atomic mass is 16.5. The van der Waals surface area contributed by atoms with Gasteiger partial charge in [0.1, 0.15) is 5.82 Å². The SMILES string of the molecule is CCc1c(C)nc(-n2nc(C3CC3)cc2NC(=O)Cc2ccc(OC)c(OC)c2)[nH]c1=O. The Morgan fingerprint density at radius 1 is 1.22 bits per heavy atom. The van der Waals surface area contributed by atoms with Crippen LogP contribution in [0.15, 0.2) is 29.1 Å². The van der Waals surface area contributed by atoms with Crippen LogP contribution in [0.5, 0.6) is 11.5 Å². The second-order valence-electron chi connectivity index (χ2n) is 7.86. The Morgan fingerprint density at radius 2 is 1.97 bits per heavy atom. The van der Waals surface area contributed by atoms with Gasteiger partial charge in [-0.25, -0.2) is 4.98 Å². The van der Waals surface area contributed by atoms with Crippen LogP contribution in [-0.2, 0) is 17.6 Å². The summed E-state index contributed by atoms with van der Waals surface area (Å²) >= 11 is 0. The van der Waals surface area contributed by atoms with Crippen LogP contribution < -0.4 is 20.3 Å². The number of H-pyrrole nitrogens is 1. The molecule has 0 aliphatic heterocycles. The first-order valence-electron chi connectivity index (χ1n) is 10.6. The monoisotopic (exact) mass is 437 g/mol. The van der Waals surface area contributed by atoms with Crippen molar-refractivity contribution >= 4 is 11.7 Å². The summed E-state index contributed by atoms with van der Waals surface area (Å²) in [6.45, 7) is 3.72. The summed E-state index contributed by atoms with van der Waals surface area (Å²) in [7, 11) is 3.12. The quantitative estimate of drug-likeness (QED) is 0.561. The molecule has 1 aliphatic rings. The number of carbonyl (C=O) groups excluding carboxylic acids is 1. The zero-order chi connectivity index (χ0) is 22.8. The zero-order valence-electron chi connectivity index (χ0n) is 18.7. The fourth-order valence-electron chi connectivity index (χ4n) is 3.70. The molecule has 1 amide bonds. The van der Waals surface area contributed by atoms with Crippen molar-refractivity contribution in [3.05, 3.63) is 57.1 Å². The van der Waals surface area contributed by atoms with E-state index < -0.39 is 0 Å². The molecule has 1 aromatic carbocycles. The van der Waals surface area contributed by atoms with E-state index in [-0.39, 0.29) is 23.8 Å². The van der Waals surface area contributed by atoms with Crippen LogP contribution in [0, 0.1) is 6.92 Å². The average molecular weight is 438 g/mol. The molecule has 0 spiro atoms. The molecule has 32 heavy (non-hydrogen) atoms. The highest BCUT2D eigenvalue weighted by Gasteiger charge is 2.28. The molecule has 0 radical (unpaired) electrons.